The van der Waals surface area contributed by atoms with Crippen molar-refractivity contribution >= 4 is 11.7 Å². The molecule has 1 fully saturated rings. The van der Waals surface area contributed by atoms with E-state index >= 15 is 0 Å². The molecule has 18 heavy (non-hydrogen) atoms. The van der Waals surface area contributed by atoms with Gasteiger partial charge in [-0.3, -0.25) is 4.84 Å². The number of fused-ring (bicyclic) bond motifs is 2. The molecule has 0 aromatic carbocycles. The van der Waals surface area contributed by atoms with Gasteiger partial charge in [0.2, 0.25) is 0 Å². The van der Waals surface area contributed by atoms with E-state index < -0.39 is 0 Å². The lowest BCUT2D eigenvalue weighted by Gasteiger charge is -2.20. The minimum absolute atomic E-state index is 0.0783. The highest BCUT2D eigenvalue weighted by Crippen LogP contribution is 2.26. The van der Waals surface area contributed by atoms with Crippen molar-refractivity contribution in [2.75, 3.05) is 19.7 Å². The van der Waals surface area contributed by atoms with Crippen molar-refractivity contribution in [3.05, 3.63) is 31.4 Å². The highest BCUT2D eigenvalue weighted by molar-refractivity contribution is 5.80. The van der Waals surface area contributed by atoms with E-state index in [1.807, 2.05) is 6.08 Å². The number of carbonyl (C=O) groups excluding carboxylic acids is 1. The van der Waals surface area contributed by atoms with Gasteiger partial charge in [0, 0.05) is 6.54 Å². The summed E-state index contributed by atoms with van der Waals surface area (Å²) in [4.78, 5) is 23.0. The number of amides is 2. The second-order valence-electron chi connectivity index (χ2n) is 4.14. The van der Waals surface area contributed by atoms with E-state index in [0.29, 0.717) is 19.7 Å². The van der Waals surface area contributed by atoms with Gasteiger partial charge in [0.1, 0.15) is 12.7 Å². The van der Waals surface area contributed by atoms with Crippen LogP contribution < -0.4 is 0 Å². The van der Waals surface area contributed by atoms with Gasteiger partial charge in [0.05, 0.1) is 24.9 Å². The third-order valence-electron chi connectivity index (χ3n) is 2.95. The van der Waals surface area contributed by atoms with Crippen molar-refractivity contribution in [3.63, 3.8) is 0 Å². The minimum atomic E-state index is -0.117. The number of nitrogens with zero attached hydrogens (tertiary/aromatic N) is 5. The van der Waals surface area contributed by atoms with Gasteiger partial charge in [-0.1, -0.05) is 6.08 Å². The number of aromatic nitrogens is 3. The Kier molecular flexibility index (Phi) is 2.60. The number of hydroxylamine groups is 2. The molecule has 2 aliphatic rings. The van der Waals surface area contributed by atoms with Crippen molar-refractivity contribution in [3.8, 4) is 0 Å². The fourth-order valence-corrected chi connectivity index (χ4v) is 2.17. The Balaban J connectivity index is 1.83. The fourth-order valence-electron chi connectivity index (χ4n) is 2.17. The van der Waals surface area contributed by atoms with Crippen LogP contribution in [0.4, 0.5) is 4.79 Å². The van der Waals surface area contributed by atoms with Crippen LogP contribution in [0.1, 0.15) is 0 Å². The highest BCUT2D eigenvalue weighted by Gasteiger charge is 2.41. The molecule has 3 heterocycles. The maximum absolute atomic E-state index is 12.0. The summed E-state index contributed by atoms with van der Waals surface area (Å²) in [5.74, 6) is 0. The molecule has 1 aromatic heterocycles. The Hall–Kier alpha value is -2.15. The second kappa shape index (κ2) is 4.26. The van der Waals surface area contributed by atoms with Crippen LogP contribution in [0.5, 0.6) is 0 Å². The van der Waals surface area contributed by atoms with Gasteiger partial charge in [-0.15, -0.1) is 6.58 Å². The van der Waals surface area contributed by atoms with Crippen LogP contribution in [0.3, 0.4) is 0 Å². The monoisotopic (exact) mass is 247 g/mol. The Labute approximate surface area is 104 Å². The molecule has 2 amide bonds. The summed E-state index contributed by atoms with van der Waals surface area (Å²) in [7, 11) is 0. The smallest absolute Gasteiger partial charge is 0.314 e. The number of carbonyl (C=O) groups is 1. The Morgan fingerprint density at radius 3 is 3.22 bits per heavy atom. The largest absolute Gasteiger partial charge is 0.345 e. The first kappa shape index (κ1) is 11.0. The lowest BCUT2D eigenvalue weighted by Crippen LogP contribution is -2.33. The molecule has 1 unspecified atom stereocenters. The number of hydrogen-bond donors (Lipinski definition) is 0. The van der Waals surface area contributed by atoms with Gasteiger partial charge in [-0.05, 0) is 6.08 Å². The van der Waals surface area contributed by atoms with E-state index in [0.717, 1.165) is 5.70 Å². The van der Waals surface area contributed by atoms with Crippen LogP contribution in [0.25, 0.3) is 5.70 Å². The fraction of sp³-hybridized carbons (Fsp3) is 0.364. The third kappa shape index (κ3) is 1.68. The zero-order chi connectivity index (χ0) is 12.5. The molecule has 1 aromatic rings. The Morgan fingerprint density at radius 2 is 2.50 bits per heavy atom. The Morgan fingerprint density at radius 1 is 1.61 bits per heavy atom. The van der Waals surface area contributed by atoms with E-state index in [4.69, 9.17) is 4.84 Å². The molecule has 0 N–H and O–H groups in total. The van der Waals surface area contributed by atoms with Crippen LogP contribution in [-0.2, 0) is 4.84 Å². The minimum Gasteiger partial charge on any atom is -0.314 e. The van der Waals surface area contributed by atoms with E-state index in [1.165, 1.54) is 11.4 Å². The van der Waals surface area contributed by atoms with E-state index in [1.54, 1.807) is 22.0 Å². The summed E-state index contributed by atoms with van der Waals surface area (Å²) >= 11 is 0. The van der Waals surface area contributed by atoms with Gasteiger partial charge >= 0.3 is 6.03 Å². The summed E-state index contributed by atoms with van der Waals surface area (Å²) in [6, 6.07) is -0.196. The predicted octanol–water partition coefficient (Wildman–Crippen LogP) is 0.356. The molecule has 7 heteroatoms. The molecule has 2 bridgehead atoms. The summed E-state index contributed by atoms with van der Waals surface area (Å²) in [6.07, 6.45) is 6.70. The Bertz CT molecular complexity index is 496. The molecule has 1 saturated heterocycles. The first-order valence-electron chi connectivity index (χ1n) is 5.67. The van der Waals surface area contributed by atoms with Crippen LogP contribution in [0, 0.1) is 0 Å². The zero-order valence-electron chi connectivity index (χ0n) is 9.77. The zero-order valence-corrected chi connectivity index (χ0v) is 9.77. The standard InChI is InChI=1S/C11H13N5O2/c1-2-3-18-16-10-4-9(15-8-12-7-13-15)5-14(6-10)11(16)17/h2,4,7-8,10H,1,3,5-6H2. The van der Waals surface area contributed by atoms with Crippen LogP contribution in [0.2, 0.25) is 0 Å². The quantitative estimate of drug-likeness (QED) is 0.720. The van der Waals surface area contributed by atoms with Crippen LogP contribution in [0.15, 0.2) is 31.4 Å². The third-order valence-corrected chi connectivity index (χ3v) is 2.95. The van der Waals surface area contributed by atoms with Crippen LogP contribution >= 0.6 is 0 Å². The molecule has 2 aliphatic heterocycles. The summed E-state index contributed by atoms with van der Waals surface area (Å²) < 4.78 is 1.67. The molecule has 94 valence electrons. The maximum atomic E-state index is 12.0. The van der Waals surface area contributed by atoms with Gasteiger partial charge in [-0.25, -0.2) is 14.5 Å². The van der Waals surface area contributed by atoms with Gasteiger partial charge in [0.15, 0.2) is 0 Å². The number of hydrogen-bond acceptors (Lipinski definition) is 4. The maximum Gasteiger partial charge on any atom is 0.345 e. The van der Waals surface area contributed by atoms with Crippen molar-refractivity contribution in [2.45, 2.75) is 6.04 Å². The van der Waals surface area contributed by atoms with E-state index in [2.05, 4.69) is 16.7 Å². The molecular weight excluding hydrogens is 234 g/mol. The molecule has 1 atom stereocenters. The average molecular weight is 247 g/mol. The molecule has 0 radical (unpaired) electrons. The van der Waals surface area contributed by atoms with Gasteiger partial charge in [-0.2, -0.15) is 10.2 Å². The van der Waals surface area contributed by atoms with Crippen LogP contribution in [-0.4, -0.2) is 56.5 Å². The summed E-state index contributed by atoms with van der Waals surface area (Å²) in [6.45, 7) is 5.06. The van der Waals surface area contributed by atoms with Crippen molar-refractivity contribution in [1.29, 1.82) is 0 Å². The van der Waals surface area contributed by atoms with E-state index in [-0.39, 0.29) is 12.1 Å². The lowest BCUT2D eigenvalue weighted by molar-refractivity contribution is -0.107. The lowest BCUT2D eigenvalue weighted by atomic mass is 10.2. The summed E-state index contributed by atoms with van der Waals surface area (Å²) in [5.41, 5.74) is 0.932. The first-order chi connectivity index (χ1) is 8.79. The van der Waals surface area contributed by atoms with Gasteiger partial charge in [0.25, 0.3) is 0 Å². The van der Waals surface area contributed by atoms with Crippen molar-refractivity contribution in [1.82, 2.24) is 24.7 Å². The van der Waals surface area contributed by atoms with Crippen molar-refractivity contribution < 1.29 is 9.63 Å². The number of urea groups is 1. The SMILES string of the molecule is C=CCON1C(=O)N2CC(n3cncn3)=CC1C2. The van der Waals surface area contributed by atoms with E-state index in [9.17, 15) is 4.79 Å². The predicted molar refractivity (Wildman–Crippen MR) is 63.0 cm³/mol. The normalized spacial score (nSPS) is 22.3. The molecule has 7 nitrogen and oxygen atoms in total. The van der Waals surface area contributed by atoms with Gasteiger partial charge < -0.3 is 4.90 Å². The summed E-state index contributed by atoms with van der Waals surface area (Å²) in [5, 5.41) is 5.47. The van der Waals surface area contributed by atoms with Crippen molar-refractivity contribution in [2.24, 2.45) is 0 Å². The molecule has 0 saturated carbocycles. The number of rotatable bonds is 4. The highest BCUT2D eigenvalue weighted by atomic mass is 16.7. The average Bonchev–Trinajstić information content (AvgIpc) is 2.98. The molecule has 0 spiro atoms. The molecule has 3 rings (SSSR count). The molecule has 0 aliphatic carbocycles. The topological polar surface area (TPSA) is 63.5 Å². The molecular formula is C11H13N5O2. The first-order valence-corrected chi connectivity index (χ1v) is 5.67. The second-order valence-corrected chi connectivity index (χ2v) is 4.14.